The zero-order valence-corrected chi connectivity index (χ0v) is 14.2. The van der Waals surface area contributed by atoms with Gasteiger partial charge in [-0.15, -0.1) is 11.3 Å². The summed E-state index contributed by atoms with van der Waals surface area (Å²) in [5, 5.41) is 6.98. The zero-order chi connectivity index (χ0) is 16.2. The van der Waals surface area contributed by atoms with Gasteiger partial charge < -0.3 is 4.74 Å². The molecule has 6 nitrogen and oxygen atoms in total. The maximum absolute atomic E-state index is 12.1. The van der Waals surface area contributed by atoms with Crippen molar-refractivity contribution in [1.29, 1.82) is 0 Å². The maximum atomic E-state index is 12.1. The fourth-order valence-electron chi connectivity index (χ4n) is 2.00. The molecule has 0 aromatic carbocycles. The molecular formula is C15H15N3O3S2. The number of hydrogen-bond donors (Lipinski definition) is 0. The number of thiophene rings is 1. The summed E-state index contributed by atoms with van der Waals surface area (Å²) < 4.78 is 6.50. The molecule has 3 rings (SSSR count). The van der Waals surface area contributed by atoms with Gasteiger partial charge in [-0.3, -0.25) is 4.79 Å². The molecule has 0 radical (unpaired) electrons. The lowest BCUT2D eigenvalue weighted by Gasteiger charge is -2.02. The van der Waals surface area contributed by atoms with Gasteiger partial charge in [0.15, 0.2) is 0 Å². The summed E-state index contributed by atoms with van der Waals surface area (Å²) in [6.45, 7) is 2.09. The molecular weight excluding hydrogens is 334 g/mol. The predicted octanol–water partition coefficient (Wildman–Crippen LogP) is 2.91. The van der Waals surface area contributed by atoms with E-state index in [-0.39, 0.29) is 12.2 Å². The van der Waals surface area contributed by atoms with Crippen LogP contribution in [0.15, 0.2) is 28.4 Å². The van der Waals surface area contributed by atoms with E-state index in [0.29, 0.717) is 15.5 Å². The second-order valence-electron chi connectivity index (χ2n) is 4.93. The Morgan fingerprint density at radius 2 is 2.30 bits per heavy atom. The second-order valence-corrected chi connectivity index (χ2v) is 6.92. The van der Waals surface area contributed by atoms with Crippen LogP contribution in [-0.2, 0) is 17.8 Å². The summed E-state index contributed by atoms with van der Waals surface area (Å²) in [4.78, 5) is 29.3. The highest BCUT2D eigenvalue weighted by Crippen LogP contribution is 2.15. The Balaban J connectivity index is 1.76. The highest BCUT2D eigenvalue weighted by Gasteiger charge is 2.12. The lowest BCUT2D eigenvalue weighted by molar-refractivity contribution is 0.0473. The maximum Gasteiger partial charge on any atom is 0.348 e. The van der Waals surface area contributed by atoms with Crippen LogP contribution in [0.5, 0.6) is 0 Å². The van der Waals surface area contributed by atoms with E-state index in [1.54, 1.807) is 12.1 Å². The van der Waals surface area contributed by atoms with Crippen LogP contribution in [0.1, 0.15) is 40.1 Å². The van der Waals surface area contributed by atoms with Crippen molar-refractivity contribution in [3.8, 4) is 0 Å². The van der Waals surface area contributed by atoms with E-state index in [9.17, 15) is 9.59 Å². The Bertz CT molecular complexity index is 868. The summed E-state index contributed by atoms with van der Waals surface area (Å²) in [6, 6.07) is 4.84. The minimum atomic E-state index is -0.407. The van der Waals surface area contributed by atoms with Crippen LogP contribution < -0.4 is 5.56 Å². The van der Waals surface area contributed by atoms with Crippen LogP contribution in [0.3, 0.4) is 0 Å². The van der Waals surface area contributed by atoms with Gasteiger partial charge in [-0.05, 0) is 17.9 Å². The Morgan fingerprint density at radius 3 is 3.04 bits per heavy atom. The van der Waals surface area contributed by atoms with Crippen molar-refractivity contribution >= 4 is 33.6 Å². The normalized spacial score (nSPS) is 11.0. The van der Waals surface area contributed by atoms with Gasteiger partial charge in [0.2, 0.25) is 4.96 Å². The minimum absolute atomic E-state index is 0.0231. The molecule has 0 aliphatic heterocycles. The third-order valence-electron chi connectivity index (χ3n) is 3.16. The molecule has 23 heavy (non-hydrogen) atoms. The Kier molecular flexibility index (Phi) is 4.82. The van der Waals surface area contributed by atoms with Gasteiger partial charge in [0.05, 0.1) is 5.69 Å². The number of carbonyl (C=O) groups is 1. The number of aromatic nitrogens is 3. The molecule has 8 heteroatoms. The minimum Gasteiger partial charge on any atom is -0.455 e. The third-order valence-corrected chi connectivity index (χ3v) is 4.98. The van der Waals surface area contributed by atoms with Crippen LogP contribution in [0.25, 0.3) is 4.96 Å². The van der Waals surface area contributed by atoms with Gasteiger partial charge in [0.1, 0.15) is 16.5 Å². The molecule has 3 aromatic rings. The molecule has 0 aliphatic carbocycles. The Morgan fingerprint density at radius 1 is 1.43 bits per heavy atom. The molecule has 0 spiro atoms. The van der Waals surface area contributed by atoms with Crippen LogP contribution in [0.2, 0.25) is 0 Å². The zero-order valence-electron chi connectivity index (χ0n) is 12.5. The van der Waals surface area contributed by atoms with E-state index in [0.717, 1.165) is 24.3 Å². The number of ether oxygens (including phenoxy) is 1. The molecule has 0 saturated carbocycles. The van der Waals surface area contributed by atoms with Crippen molar-refractivity contribution in [2.24, 2.45) is 0 Å². The number of carbonyl (C=O) groups excluding carboxylic acids is 1. The van der Waals surface area contributed by atoms with Crippen LogP contribution in [-0.4, -0.2) is 20.6 Å². The summed E-state index contributed by atoms with van der Waals surface area (Å²) in [5.74, 6) is -0.407. The van der Waals surface area contributed by atoms with Gasteiger partial charge in [-0.1, -0.05) is 30.7 Å². The Labute approximate surface area is 140 Å². The molecule has 0 bridgehead atoms. The fraction of sp³-hybridized carbons (Fsp3) is 0.333. The van der Waals surface area contributed by atoms with E-state index in [4.69, 9.17) is 4.74 Å². The third kappa shape index (κ3) is 3.65. The van der Waals surface area contributed by atoms with Crippen molar-refractivity contribution in [1.82, 2.24) is 14.6 Å². The molecule has 0 aliphatic rings. The number of rotatable bonds is 6. The number of esters is 1. The quantitative estimate of drug-likeness (QED) is 0.640. The van der Waals surface area contributed by atoms with Gasteiger partial charge in [-0.2, -0.15) is 9.61 Å². The number of nitrogens with zero attached hydrogens (tertiary/aromatic N) is 3. The van der Waals surface area contributed by atoms with Gasteiger partial charge in [0.25, 0.3) is 5.56 Å². The van der Waals surface area contributed by atoms with Gasteiger partial charge in [-0.25, -0.2) is 9.78 Å². The van der Waals surface area contributed by atoms with E-state index < -0.39 is 5.97 Å². The lowest BCUT2D eigenvalue weighted by Crippen LogP contribution is -2.16. The first-order valence-electron chi connectivity index (χ1n) is 7.26. The largest absolute Gasteiger partial charge is 0.455 e. The number of unbranched alkanes of at least 4 members (excludes halogenated alkanes) is 1. The van der Waals surface area contributed by atoms with Crippen LogP contribution >= 0.6 is 22.7 Å². The second kappa shape index (κ2) is 7.01. The topological polar surface area (TPSA) is 73.6 Å². The van der Waals surface area contributed by atoms with Crippen molar-refractivity contribution in [3.63, 3.8) is 0 Å². The molecule has 0 amide bonds. The molecule has 3 heterocycles. The SMILES string of the molecule is CCCCc1nn2c(=O)cc(COC(=O)c3cccs3)nc2s1. The molecule has 0 fully saturated rings. The van der Waals surface area contributed by atoms with Crippen LogP contribution in [0.4, 0.5) is 0 Å². The molecule has 0 unspecified atom stereocenters. The first-order valence-corrected chi connectivity index (χ1v) is 8.96. The van der Waals surface area contributed by atoms with Gasteiger partial charge >= 0.3 is 5.97 Å². The van der Waals surface area contributed by atoms with Crippen molar-refractivity contribution in [3.05, 3.63) is 49.5 Å². The van der Waals surface area contributed by atoms with E-state index in [1.165, 1.54) is 33.3 Å². The summed E-state index contributed by atoms with van der Waals surface area (Å²) >= 11 is 2.71. The lowest BCUT2D eigenvalue weighted by atomic mass is 10.3. The summed E-state index contributed by atoms with van der Waals surface area (Å²) in [7, 11) is 0. The summed E-state index contributed by atoms with van der Waals surface area (Å²) in [6.07, 6.45) is 2.94. The molecule has 0 N–H and O–H groups in total. The number of fused-ring (bicyclic) bond motifs is 1. The standard InChI is InChI=1S/C15H15N3O3S2/c1-2-3-6-12-17-18-13(19)8-10(16-15(18)23-12)9-21-14(20)11-5-4-7-22-11/h4-5,7-8H,2-3,6,9H2,1H3. The monoisotopic (exact) mass is 349 g/mol. The van der Waals surface area contributed by atoms with Crippen molar-refractivity contribution in [2.75, 3.05) is 0 Å². The molecule has 0 saturated heterocycles. The predicted molar refractivity (Wildman–Crippen MR) is 89.2 cm³/mol. The molecule has 3 aromatic heterocycles. The van der Waals surface area contributed by atoms with E-state index in [2.05, 4.69) is 17.0 Å². The highest BCUT2D eigenvalue weighted by atomic mass is 32.1. The van der Waals surface area contributed by atoms with Crippen LogP contribution in [0, 0.1) is 0 Å². The van der Waals surface area contributed by atoms with Gasteiger partial charge in [0, 0.05) is 12.5 Å². The molecule has 120 valence electrons. The molecule has 0 atom stereocenters. The Hall–Kier alpha value is -2.06. The fourth-order valence-corrected chi connectivity index (χ4v) is 3.58. The average molecular weight is 349 g/mol. The first kappa shape index (κ1) is 15.8. The highest BCUT2D eigenvalue weighted by molar-refractivity contribution is 7.16. The van der Waals surface area contributed by atoms with Crippen molar-refractivity contribution < 1.29 is 9.53 Å². The summed E-state index contributed by atoms with van der Waals surface area (Å²) in [5.41, 5.74) is 0.182. The van der Waals surface area contributed by atoms with E-state index >= 15 is 0 Å². The number of aryl methyl sites for hydroxylation is 1. The van der Waals surface area contributed by atoms with Crippen molar-refractivity contribution in [2.45, 2.75) is 32.8 Å². The average Bonchev–Trinajstić information content (AvgIpc) is 3.20. The van der Waals surface area contributed by atoms with E-state index in [1.807, 2.05) is 5.38 Å². The number of hydrogen-bond acceptors (Lipinski definition) is 7. The smallest absolute Gasteiger partial charge is 0.348 e. The first-order chi connectivity index (χ1) is 11.2.